The average Bonchev–Trinajstić information content (AvgIpc) is 3.11. The van der Waals surface area contributed by atoms with E-state index in [9.17, 15) is 4.79 Å². The molecule has 6 aliphatic rings. The summed E-state index contributed by atoms with van der Waals surface area (Å²) in [5.74, 6) is 4.40. The first-order valence-corrected chi connectivity index (χ1v) is 14.1. The SMILES string of the molecule is C[C@H](CN1C2CCCC1CCC2)[C@H]1CCC2C3C=CC4=CC(=O)CC[C@]4(C)C3CC[C@@]21C. The minimum Gasteiger partial charge on any atom is -0.297 e. The number of allylic oxidation sites excluding steroid dienone is 4. The van der Waals surface area contributed by atoms with Gasteiger partial charge in [0.05, 0.1) is 0 Å². The van der Waals surface area contributed by atoms with E-state index >= 15 is 0 Å². The number of piperidine rings is 2. The van der Waals surface area contributed by atoms with E-state index in [0.29, 0.717) is 11.2 Å². The molecule has 0 N–H and O–H groups in total. The number of carbonyl (C=O) groups excluding carboxylic acids is 1. The number of ketones is 1. The molecule has 2 heteroatoms. The van der Waals surface area contributed by atoms with Crippen LogP contribution in [0.4, 0.5) is 0 Å². The number of carbonyl (C=O) groups is 1. The molecule has 7 atom stereocenters. The summed E-state index contributed by atoms with van der Waals surface area (Å²) in [6.45, 7) is 9.14. The maximum Gasteiger partial charge on any atom is 0.156 e. The second kappa shape index (κ2) is 7.82. The second-order valence-electron chi connectivity index (χ2n) is 13.2. The van der Waals surface area contributed by atoms with Gasteiger partial charge in [0, 0.05) is 25.0 Å². The molecule has 3 unspecified atom stereocenters. The first-order chi connectivity index (χ1) is 15.4. The van der Waals surface area contributed by atoms with E-state index in [1.807, 2.05) is 6.08 Å². The number of fused-ring (bicyclic) bond motifs is 7. The van der Waals surface area contributed by atoms with Crippen LogP contribution < -0.4 is 0 Å². The second-order valence-corrected chi connectivity index (χ2v) is 13.2. The molecule has 2 saturated carbocycles. The molecular weight excluding hydrogens is 390 g/mol. The number of hydrogen-bond donors (Lipinski definition) is 0. The fourth-order valence-corrected chi connectivity index (χ4v) is 10.2. The quantitative estimate of drug-likeness (QED) is 0.478. The molecule has 6 rings (SSSR count). The monoisotopic (exact) mass is 435 g/mol. The first kappa shape index (κ1) is 21.6. The summed E-state index contributed by atoms with van der Waals surface area (Å²) in [5.41, 5.74) is 2.10. The zero-order valence-corrected chi connectivity index (χ0v) is 20.8. The van der Waals surface area contributed by atoms with Crippen molar-refractivity contribution in [2.24, 2.45) is 40.4 Å². The Morgan fingerprint density at radius 3 is 2.41 bits per heavy atom. The van der Waals surface area contributed by atoms with Crippen molar-refractivity contribution in [3.05, 3.63) is 23.8 Å². The van der Waals surface area contributed by atoms with Gasteiger partial charge in [-0.15, -0.1) is 0 Å². The van der Waals surface area contributed by atoms with Crippen LogP contribution in [0.5, 0.6) is 0 Å². The van der Waals surface area contributed by atoms with Gasteiger partial charge in [0.25, 0.3) is 0 Å². The zero-order valence-electron chi connectivity index (χ0n) is 20.8. The Morgan fingerprint density at radius 1 is 0.969 bits per heavy atom. The van der Waals surface area contributed by atoms with Crippen molar-refractivity contribution >= 4 is 5.78 Å². The van der Waals surface area contributed by atoms with E-state index in [2.05, 4.69) is 37.8 Å². The molecule has 2 aliphatic heterocycles. The van der Waals surface area contributed by atoms with Gasteiger partial charge in [-0.25, -0.2) is 0 Å². The summed E-state index contributed by atoms with van der Waals surface area (Å²) in [6, 6.07) is 1.79. The van der Waals surface area contributed by atoms with Gasteiger partial charge in [-0.1, -0.05) is 45.8 Å². The molecule has 0 aromatic heterocycles. The van der Waals surface area contributed by atoms with Crippen molar-refractivity contribution in [3.8, 4) is 0 Å². The van der Waals surface area contributed by atoms with E-state index < -0.39 is 0 Å². The molecule has 2 bridgehead atoms. The highest BCUT2D eigenvalue weighted by Crippen LogP contribution is 2.66. The Morgan fingerprint density at radius 2 is 1.69 bits per heavy atom. The van der Waals surface area contributed by atoms with Crippen molar-refractivity contribution < 1.29 is 4.79 Å². The molecule has 4 fully saturated rings. The molecular formula is C30H45NO. The van der Waals surface area contributed by atoms with Gasteiger partial charge in [0.15, 0.2) is 5.78 Å². The lowest BCUT2D eigenvalue weighted by molar-refractivity contribution is -0.116. The van der Waals surface area contributed by atoms with Gasteiger partial charge in [0.2, 0.25) is 0 Å². The molecule has 176 valence electrons. The van der Waals surface area contributed by atoms with Crippen molar-refractivity contribution in [1.29, 1.82) is 0 Å². The summed E-state index contributed by atoms with van der Waals surface area (Å²) < 4.78 is 0. The summed E-state index contributed by atoms with van der Waals surface area (Å²) in [6.07, 6.45) is 23.2. The molecule has 0 aromatic rings. The van der Waals surface area contributed by atoms with E-state index in [1.165, 1.54) is 76.3 Å². The maximum absolute atomic E-state index is 12.1. The predicted molar refractivity (Wildman–Crippen MR) is 131 cm³/mol. The minimum atomic E-state index is 0.240. The molecule has 32 heavy (non-hydrogen) atoms. The Kier molecular flexibility index (Phi) is 5.29. The van der Waals surface area contributed by atoms with Gasteiger partial charge in [-0.3, -0.25) is 9.69 Å². The van der Waals surface area contributed by atoms with Gasteiger partial charge in [-0.2, -0.15) is 0 Å². The molecule has 0 amide bonds. The number of nitrogens with zero attached hydrogens (tertiary/aromatic N) is 1. The van der Waals surface area contributed by atoms with Gasteiger partial charge < -0.3 is 0 Å². The van der Waals surface area contributed by atoms with E-state index in [1.54, 1.807) is 0 Å². The third kappa shape index (κ3) is 3.18. The van der Waals surface area contributed by atoms with Crippen LogP contribution in [-0.2, 0) is 4.79 Å². The van der Waals surface area contributed by atoms with Gasteiger partial charge in [0.1, 0.15) is 0 Å². The van der Waals surface area contributed by atoms with Crippen molar-refractivity contribution in [1.82, 2.24) is 4.90 Å². The maximum atomic E-state index is 12.1. The highest BCUT2D eigenvalue weighted by Gasteiger charge is 2.58. The van der Waals surface area contributed by atoms with Crippen LogP contribution >= 0.6 is 0 Å². The molecule has 4 aliphatic carbocycles. The summed E-state index contributed by atoms with van der Waals surface area (Å²) in [7, 11) is 0. The Balaban J connectivity index is 1.22. The van der Waals surface area contributed by atoms with Crippen molar-refractivity contribution in [3.63, 3.8) is 0 Å². The molecule has 2 heterocycles. The van der Waals surface area contributed by atoms with Crippen LogP contribution in [0.25, 0.3) is 0 Å². The van der Waals surface area contributed by atoms with Crippen molar-refractivity contribution in [2.75, 3.05) is 6.54 Å². The number of rotatable bonds is 3. The largest absolute Gasteiger partial charge is 0.297 e. The van der Waals surface area contributed by atoms with Crippen LogP contribution in [0.15, 0.2) is 23.8 Å². The lowest BCUT2D eigenvalue weighted by atomic mass is 9.48. The predicted octanol–water partition coefficient (Wildman–Crippen LogP) is 6.95. The zero-order chi connectivity index (χ0) is 22.1. The van der Waals surface area contributed by atoms with Gasteiger partial charge in [-0.05, 0) is 110 Å². The van der Waals surface area contributed by atoms with E-state index in [4.69, 9.17) is 0 Å². The summed E-state index contributed by atoms with van der Waals surface area (Å²) >= 11 is 0. The third-order valence-corrected chi connectivity index (χ3v) is 11.9. The van der Waals surface area contributed by atoms with Crippen LogP contribution in [0.2, 0.25) is 0 Å². The third-order valence-electron chi connectivity index (χ3n) is 11.9. The highest BCUT2D eigenvalue weighted by atomic mass is 16.1. The number of hydrogen-bond acceptors (Lipinski definition) is 2. The van der Waals surface area contributed by atoms with Crippen LogP contribution in [0.1, 0.15) is 97.8 Å². The molecule has 0 radical (unpaired) electrons. The van der Waals surface area contributed by atoms with Crippen LogP contribution in [0, 0.1) is 40.4 Å². The van der Waals surface area contributed by atoms with E-state index in [0.717, 1.165) is 54.5 Å². The van der Waals surface area contributed by atoms with Gasteiger partial charge >= 0.3 is 0 Å². The average molecular weight is 436 g/mol. The molecule has 2 saturated heterocycles. The van der Waals surface area contributed by atoms with Crippen LogP contribution in [0.3, 0.4) is 0 Å². The molecule has 2 nitrogen and oxygen atoms in total. The fraction of sp³-hybridized carbons (Fsp3) is 0.833. The topological polar surface area (TPSA) is 20.3 Å². The van der Waals surface area contributed by atoms with Crippen LogP contribution in [-0.4, -0.2) is 29.3 Å². The Hall–Kier alpha value is -0.890. The smallest absolute Gasteiger partial charge is 0.156 e. The summed E-state index contributed by atoms with van der Waals surface area (Å²) in [5, 5.41) is 0. The standard InChI is InChI=1S/C30H45NO/c1-20(19-31-22-6-4-7-23(31)9-5-8-22)26-12-13-27-25-11-10-21-18-24(32)14-16-29(21,2)28(25)15-17-30(26,27)3/h10-11,18,20,22-23,25-28H,4-9,12-17,19H2,1-3H3/t20-,22?,23?,25?,26-,27?,28?,29+,30-/m1/s1. The fourth-order valence-electron chi connectivity index (χ4n) is 10.2. The first-order valence-electron chi connectivity index (χ1n) is 14.1. The summed E-state index contributed by atoms with van der Waals surface area (Å²) in [4.78, 5) is 15.1. The molecule has 0 aromatic carbocycles. The van der Waals surface area contributed by atoms with Crippen molar-refractivity contribution in [2.45, 2.75) is 110 Å². The Labute approximate surface area is 196 Å². The highest BCUT2D eigenvalue weighted by molar-refractivity contribution is 5.92. The lowest BCUT2D eigenvalue weighted by Gasteiger charge is -2.57. The minimum absolute atomic E-state index is 0.240. The molecule has 0 spiro atoms. The lowest BCUT2D eigenvalue weighted by Crippen LogP contribution is -2.53. The van der Waals surface area contributed by atoms with E-state index in [-0.39, 0.29) is 5.41 Å². The normalized spacial score (nSPS) is 49.1. The Bertz CT molecular complexity index is 805.